The Bertz CT molecular complexity index is 1020. The molecule has 0 saturated carbocycles. The van der Waals surface area contributed by atoms with Crippen LogP contribution in [0.4, 0.5) is 5.69 Å². The van der Waals surface area contributed by atoms with E-state index < -0.39 is 0 Å². The van der Waals surface area contributed by atoms with Crippen LogP contribution in [0.1, 0.15) is 66.1 Å². The smallest absolute Gasteiger partial charge is 0.254 e. The van der Waals surface area contributed by atoms with Crippen molar-refractivity contribution in [3.63, 3.8) is 0 Å². The van der Waals surface area contributed by atoms with Crippen LogP contribution in [-0.2, 0) is 0 Å². The number of hydrogen-bond acceptors (Lipinski definition) is 2. The van der Waals surface area contributed by atoms with Gasteiger partial charge in [0.15, 0.2) is 0 Å². The summed E-state index contributed by atoms with van der Waals surface area (Å²) in [6.45, 7) is 3.02. The number of carbonyl (C=O) groups is 1. The zero-order valence-corrected chi connectivity index (χ0v) is 18.6. The summed E-state index contributed by atoms with van der Waals surface area (Å²) in [5.74, 6) is 0.811. The van der Waals surface area contributed by atoms with Crippen molar-refractivity contribution in [2.45, 2.75) is 50.6 Å². The maximum atomic E-state index is 13.2. The number of piperidine rings is 1. The molecule has 0 aromatic heterocycles. The van der Waals surface area contributed by atoms with Crippen LogP contribution in [0.3, 0.4) is 0 Å². The average Bonchev–Trinajstić information content (AvgIpc) is 3.23. The van der Waals surface area contributed by atoms with Crippen LogP contribution in [0, 0.1) is 5.92 Å². The molecule has 3 aliphatic rings. The third-order valence-electron chi connectivity index (χ3n) is 6.97. The maximum absolute atomic E-state index is 13.2. The lowest BCUT2D eigenvalue weighted by molar-refractivity contribution is 0.0635. The fourth-order valence-corrected chi connectivity index (χ4v) is 5.88. The van der Waals surface area contributed by atoms with E-state index in [1.54, 1.807) is 0 Å². The number of likely N-dealkylation sites (tertiary alicyclic amines) is 1. The number of rotatable bonds is 2. The van der Waals surface area contributed by atoms with E-state index in [1.165, 1.54) is 12.0 Å². The highest BCUT2D eigenvalue weighted by molar-refractivity contribution is 6.35. The number of allylic oxidation sites excluding steroid dienone is 2. The Labute approximate surface area is 188 Å². The van der Waals surface area contributed by atoms with Crippen molar-refractivity contribution in [2.24, 2.45) is 5.92 Å². The summed E-state index contributed by atoms with van der Waals surface area (Å²) >= 11 is 12.7. The Kier molecular flexibility index (Phi) is 5.28. The second-order valence-electron chi connectivity index (χ2n) is 8.79. The molecule has 2 heterocycles. The van der Waals surface area contributed by atoms with Crippen molar-refractivity contribution in [1.29, 1.82) is 0 Å². The van der Waals surface area contributed by atoms with E-state index >= 15 is 0 Å². The molecule has 30 heavy (non-hydrogen) atoms. The third kappa shape index (κ3) is 3.42. The molecule has 0 spiro atoms. The van der Waals surface area contributed by atoms with E-state index in [1.807, 2.05) is 29.2 Å². The summed E-state index contributed by atoms with van der Waals surface area (Å²) < 4.78 is 0. The number of nitrogens with one attached hydrogen (secondary N) is 1. The van der Waals surface area contributed by atoms with Gasteiger partial charge in [0.1, 0.15) is 0 Å². The Hall–Kier alpha value is -1.97. The van der Waals surface area contributed by atoms with Crippen molar-refractivity contribution in [3.8, 4) is 0 Å². The predicted octanol–water partition coefficient (Wildman–Crippen LogP) is 6.83. The number of halogens is 2. The highest BCUT2D eigenvalue weighted by Crippen LogP contribution is 2.51. The van der Waals surface area contributed by atoms with Gasteiger partial charge in [-0.3, -0.25) is 4.79 Å². The van der Waals surface area contributed by atoms with Gasteiger partial charge < -0.3 is 10.2 Å². The van der Waals surface area contributed by atoms with Crippen molar-refractivity contribution < 1.29 is 4.79 Å². The zero-order chi connectivity index (χ0) is 20.8. The Morgan fingerprint density at radius 3 is 2.77 bits per heavy atom. The van der Waals surface area contributed by atoms with Gasteiger partial charge in [-0.1, -0.05) is 41.4 Å². The van der Waals surface area contributed by atoms with Crippen LogP contribution in [0.2, 0.25) is 10.0 Å². The number of benzene rings is 2. The molecule has 4 atom stereocenters. The highest BCUT2D eigenvalue weighted by atomic mass is 35.5. The SMILES string of the molecule is C[C@H]1CCCCN1C(=O)c1ccc2c(c1)[C@H]1C=CC[C@@H]1[C@@H](c1ccc(Cl)cc1Cl)N2. The molecule has 2 aromatic rings. The molecule has 5 heteroatoms. The van der Waals surface area contributed by atoms with Gasteiger partial charge in [-0.05, 0) is 80.0 Å². The second-order valence-corrected chi connectivity index (χ2v) is 9.63. The maximum Gasteiger partial charge on any atom is 0.254 e. The molecule has 3 nitrogen and oxygen atoms in total. The lowest BCUT2D eigenvalue weighted by Crippen LogP contribution is -2.42. The highest BCUT2D eigenvalue weighted by Gasteiger charge is 2.39. The van der Waals surface area contributed by atoms with Crippen LogP contribution in [0.5, 0.6) is 0 Å². The fourth-order valence-electron chi connectivity index (χ4n) is 5.35. The van der Waals surface area contributed by atoms with Crippen LogP contribution >= 0.6 is 23.2 Å². The monoisotopic (exact) mass is 440 g/mol. The van der Waals surface area contributed by atoms with Gasteiger partial charge in [0.25, 0.3) is 5.91 Å². The Morgan fingerprint density at radius 2 is 1.97 bits per heavy atom. The second kappa shape index (κ2) is 7.94. The third-order valence-corrected chi connectivity index (χ3v) is 7.53. The van der Waals surface area contributed by atoms with Crippen molar-refractivity contribution in [3.05, 3.63) is 75.3 Å². The fraction of sp³-hybridized carbons (Fsp3) is 0.400. The van der Waals surface area contributed by atoms with Crippen molar-refractivity contribution in [1.82, 2.24) is 4.90 Å². The van der Waals surface area contributed by atoms with Crippen LogP contribution < -0.4 is 5.32 Å². The molecular weight excluding hydrogens is 415 g/mol. The van der Waals surface area contributed by atoms with Gasteiger partial charge in [-0.25, -0.2) is 0 Å². The Morgan fingerprint density at radius 1 is 1.10 bits per heavy atom. The molecule has 1 amide bonds. The summed E-state index contributed by atoms with van der Waals surface area (Å²) in [6, 6.07) is 12.3. The van der Waals surface area contributed by atoms with E-state index in [0.29, 0.717) is 22.0 Å². The molecule has 0 bridgehead atoms. The Balaban J connectivity index is 1.48. The molecule has 1 aliphatic carbocycles. The lowest BCUT2D eigenvalue weighted by atomic mass is 9.76. The quantitative estimate of drug-likeness (QED) is 0.518. The summed E-state index contributed by atoms with van der Waals surface area (Å²) in [5.41, 5.74) is 4.17. The van der Waals surface area contributed by atoms with Gasteiger partial charge in [0, 0.05) is 39.8 Å². The van der Waals surface area contributed by atoms with E-state index in [4.69, 9.17) is 23.2 Å². The van der Waals surface area contributed by atoms with Crippen LogP contribution in [0.15, 0.2) is 48.6 Å². The van der Waals surface area contributed by atoms with Crippen LogP contribution in [0.25, 0.3) is 0 Å². The number of nitrogens with zero attached hydrogens (tertiary/aromatic N) is 1. The number of carbonyl (C=O) groups excluding carboxylic acids is 1. The zero-order valence-electron chi connectivity index (χ0n) is 17.1. The van der Waals surface area contributed by atoms with E-state index in [2.05, 4.69) is 36.5 Å². The number of anilines is 1. The molecule has 2 aliphatic heterocycles. The first-order valence-corrected chi connectivity index (χ1v) is 11.6. The van der Waals surface area contributed by atoms with Gasteiger partial charge in [0.2, 0.25) is 0 Å². The van der Waals surface area contributed by atoms with E-state index in [0.717, 1.165) is 42.6 Å². The van der Waals surface area contributed by atoms with Gasteiger partial charge in [-0.15, -0.1) is 0 Å². The summed E-state index contributed by atoms with van der Waals surface area (Å²) in [5, 5.41) is 5.05. The van der Waals surface area contributed by atoms with E-state index in [-0.39, 0.29) is 17.9 Å². The molecule has 1 fully saturated rings. The van der Waals surface area contributed by atoms with Gasteiger partial charge >= 0.3 is 0 Å². The van der Waals surface area contributed by atoms with Crippen molar-refractivity contribution in [2.75, 3.05) is 11.9 Å². The topological polar surface area (TPSA) is 32.3 Å². The van der Waals surface area contributed by atoms with Gasteiger partial charge in [0.05, 0.1) is 6.04 Å². The first-order chi connectivity index (χ1) is 14.5. The molecule has 5 rings (SSSR count). The minimum Gasteiger partial charge on any atom is -0.378 e. The predicted molar refractivity (Wildman–Crippen MR) is 124 cm³/mol. The molecule has 2 aromatic carbocycles. The first-order valence-electron chi connectivity index (χ1n) is 10.9. The number of amides is 1. The normalized spacial score (nSPS) is 27.4. The lowest BCUT2D eigenvalue weighted by Gasteiger charge is -2.38. The summed E-state index contributed by atoms with van der Waals surface area (Å²) in [7, 11) is 0. The first kappa shape index (κ1) is 20.0. The van der Waals surface area contributed by atoms with Crippen LogP contribution in [-0.4, -0.2) is 23.4 Å². The standard InChI is InChI=1S/C25H26Cl2N2O/c1-15-5-2-3-12-29(15)25(30)16-8-11-23-21(13-16)18-6-4-7-19(18)24(28-23)20-10-9-17(26)14-22(20)27/h4,6,8-11,13-15,18-19,24,28H,2-3,5,7,12H2,1H3/t15-,18-,19-,24-/m0/s1. The molecule has 1 saturated heterocycles. The molecule has 156 valence electrons. The van der Waals surface area contributed by atoms with Crippen molar-refractivity contribution >= 4 is 34.8 Å². The minimum absolute atomic E-state index is 0.117. The minimum atomic E-state index is 0.117. The van der Waals surface area contributed by atoms with E-state index in [9.17, 15) is 4.79 Å². The average molecular weight is 441 g/mol. The summed E-state index contributed by atoms with van der Waals surface area (Å²) in [6.07, 6.45) is 8.93. The summed E-state index contributed by atoms with van der Waals surface area (Å²) in [4.78, 5) is 15.2. The molecule has 1 N–H and O–H groups in total. The number of fused-ring (bicyclic) bond motifs is 3. The molecule has 0 unspecified atom stereocenters. The van der Waals surface area contributed by atoms with Gasteiger partial charge in [-0.2, -0.15) is 0 Å². The molecule has 0 radical (unpaired) electrons. The largest absolute Gasteiger partial charge is 0.378 e. The number of hydrogen-bond donors (Lipinski definition) is 1. The molecular formula is C25H26Cl2N2O.